The van der Waals surface area contributed by atoms with Gasteiger partial charge in [-0.15, -0.1) is 12.4 Å². The number of hydrogen-bond acceptors (Lipinski definition) is 3. The van der Waals surface area contributed by atoms with Gasteiger partial charge < -0.3 is 15.4 Å². The molecule has 0 unspecified atom stereocenters. The Hall–Kier alpha value is -0.320. The predicted molar refractivity (Wildman–Crippen MR) is 64.8 cm³/mol. The first-order chi connectivity index (χ1) is 7.36. The largest absolute Gasteiger partial charge is 0.381 e. The molecular formula is C11H21ClN2O2. The van der Waals surface area contributed by atoms with Crippen molar-refractivity contribution in [3.63, 3.8) is 0 Å². The maximum absolute atomic E-state index is 11.7. The smallest absolute Gasteiger partial charge is 0.224 e. The van der Waals surface area contributed by atoms with Crippen molar-refractivity contribution in [1.82, 2.24) is 10.6 Å². The molecule has 2 saturated heterocycles. The Balaban J connectivity index is 0.00000128. The van der Waals surface area contributed by atoms with Crippen molar-refractivity contribution < 1.29 is 9.53 Å². The molecule has 0 aromatic rings. The molecule has 4 nitrogen and oxygen atoms in total. The van der Waals surface area contributed by atoms with Crippen molar-refractivity contribution >= 4 is 18.3 Å². The lowest BCUT2D eigenvalue weighted by atomic mass is 10.00. The molecule has 5 heteroatoms. The number of ether oxygens (including phenoxy) is 1. The Morgan fingerprint density at radius 2 is 2.06 bits per heavy atom. The van der Waals surface area contributed by atoms with E-state index >= 15 is 0 Å². The zero-order chi connectivity index (χ0) is 10.5. The van der Waals surface area contributed by atoms with Crippen LogP contribution in [0.2, 0.25) is 0 Å². The third-order valence-electron chi connectivity index (χ3n) is 3.34. The van der Waals surface area contributed by atoms with E-state index in [0.717, 1.165) is 52.1 Å². The van der Waals surface area contributed by atoms with Crippen LogP contribution in [0, 0.1) is 11.8 Å². The van der Waals surface area contributed by atoms with Gasteiger partial charge in [-0.05, 0) is 31.7 Å². The zero-order valence-corrected chi connectivity index (χ0v) is 10.4. The fraction of sp³-hybridized carbons (Fsp3) is 0.909. The van der Waals surface area contributed by atoms with Crippen LogP contribution in [0.5, 0.6) is 0 Å². The van der Waals surface area contributed by atoms with E-state index in [9.17, 15) is 4.79 Å². The fourth-order valence-electron chi connectivity index (χ4n) is 2.22. The maximum Gasteiger partial charge on any atom is 0.224 e. The molecule has 2 fully saturated rings. The quantitative estimate of drug-likeness (QED) is 0.768. The fourth-order valence-corrected chi connectivity index (χ4v) is 2.22. The molecular weight excluding hydrogens is 228 g/mol. The average Bonchev–Trinajstić information content (AvgIpc) is 2.81. The van der Waals surface area contributed by atoms with E-state index in [2.05, 4.69) is 10.6 Å². The molecule has 2 aliphatic heterocycles. The monoisotopic (exact) mass is 248 g/mol. The first kappa shape index (κ1) is 13.7. The molecule has 2 heterocycles. The average molecular weight is 249 g/mol. The topological polar surface area (TPSA) is 50.4 Å². The molecule has 94 valence electrons. The lowest BCUT2D eigenvalue weighted by Crippen LogP contribution is -2.36. The summed E-state index contributed by atoms with van der Waals surface area (Å²) in [5.74, 6) is 1.05. The van der Waals surface area contributed by atoms with Crippen LogP contribution < -0.4 is 10.6 Å². The first-order valence-electron chi connectivity index (χ1n) is 5.92. The molecule has 0 bridgehead atoms. The standard InChI is InChI=1S/C11H20N2O2.ClH/c14-11(10-1-4-12-8-10)13-7-9-2-5-15-6-3-9;/h9-10,12H,1-8H2,(H,13,14);1H/t10-;/m1./s1. The highest BCUT2D eigenvalue weighted by Gasteiger charge is 2.23. The number of nitrogens with one attached hydrogen (secondary N) is 2. The summed E-state index contributed by atoms with van der Waals surface area (Å²) in [6, 6.07) is 0. The van der Waals surface area contributed by atoms with Gasteiger partial charge >= 0.3 is 0 Å². The van der Waals surface area contributed by atoms with Gasteiger partial charge in [-0.2, -0.15) is 0 Å². The summed E-state index contributed by atoms with van der Waals surface area (Å²) in [5, 5.41) is 6.27. The molecule has 2 rings (SSSR count). The minimum Gasteiger partial charge on any atom is -0.381 e. The molecule has 0 radical (unpaired) electrons. The van der Waals surface area contributed by atoms with Crippen molar-refractivity contribution in [2.24, 2.45) is 11.8 Å². The minimum atomic E-state index is 0. The van der Waals surface area contributed by atoms with Crippen molar-refractivity contribution in [2.45, 2.75) is 19.3 Å². The lowest BCUT2D eigenvalue weighted by molar-refractivity contribution is -0.124. The van der Waals surface area contributed by atoms with E-state index in [4.69, 9.17) is 4.74 Å². The van der Waals surface area contributed by atoms with Crippen molar-refractivity contribution in [3.05, 3.63) is 0 Å². The third kappa shape index (κ3) is 3.92. The summed E-state index contributed by atoms with van der Waals surface area (Å²) in [6.45, 7) is 4.37. The van der Waals surface area contributed by atoms with E-state index in [-0.39, 0.29) is 24.2 Å². The molecule has 2 aliphatic rings. The molecule has 0 aromatic heterocycles. The van der Waals surface area contributed by atoms with Gasteiger partial charge in [0.05, 0.1) is 5.92 Å². The first-order valence-corrected chi connectivity index (χ1v) is 5.92. The van der Waals surface area contributed by atoms with Gasteiger partial charge in [0.25, 0.3) is 0 Å². The number of carbonyl (C=O) groups is 1. The Morgan fingerprint density at radius 3 is 2.69 bits per heavy atom. The number of amides is 1. The summed E-state index contributed by atoms with van der Waals surface area (Å²) in [7, 11) is 0. The van der Waals surface area contributed by atoms with Gasteiger partial charge in [0.1, 0.15) is 0 Å². The lowest BCUT2D eigenvalue weighted by Gasteiger charge is -2.22. The van der Waals surface area contributed by atoms with Crippen molar-refractivity contribution in [1.29, 1.82) is 0 Å². The van der Waals surface area contributed by atoms with Gasteiger partial charge in [-0.25, -0.2) is 0 Å². The maximum atomic E-state index is 11.7. The normalized spacial score (nSPS) is 26.1. The summed E-state index contributed by atoms with van der Waals surface area (Å²) >= 11 is 0. The van der Waals surface area contributed by atoms with Gasteiger partial charge in [-0.3, -0.25) is 4.79 Å². The number of halogens is 1. The van der Waals surface area contributed by atoms with Crippen molar-refractivity contribution in [2.75, 3.05) is 32.8 Å². The van der Waals surface area contributed by atoms with Crippen LogP contribution in [-0.2, 0) is 9.53 Å². The zero-order valence-electron chi connectivity index (χ0n) is 9.54. The van der Waals surface area contributed by atoms with Crippen LogP contribution >= 0.6 is 12.4 Å². The summed E-state index contributed by atoms with van der Waals surface area (Å²) in [5.41, 5.74) is 0. The third-order valence-corrected chi connectivity index (χ3v) is 3.34. The molecule has 16 heavy (non-hydrogen) atoms. The van der Waals surface area contributed by atoms with Crippen LogP contribution in [-0.4, -0.2) is 38.8 Å². The Bertz CT molecular complexity index is 214. The summed E-state index contributed by atoms with van der Waals surface area (Å²) in [4.78, 5) is 11.7. The van der Waals surface area contributed by atoms with E-state index in [0.29, 0.717) is 5.92 Å². The Morgan fingerprint density at radius 1 is 1.31 bits per heavy atom. The Kier molecular flexibility index (Phi) is 6.09. The SMILES string of the molecule is Cl.O=C(NCC1CCOCC1)[C@@H]1CCNC1. The number of hydrogen-bond donors (Lipinski definition) is 2. The van der Waals surface area contributed by atoms with Crippen LogP contribution in [0.3, 0.4) is 0 Å². The summed E-state index contributed by atoms with van der Waals surface area (Å²) in [6.07, 6.45) is 3.16. The van der Waals surface area contributed by atoms with Gasteiger partial charge in [0.2, 0.25) is 5.91 Å². The second-order valence-corrected chi connectivity index (χ2v) is 4.49. The molecule has 1 amide bonds. The highest BCUT2D eigenvalue weighted by molar-refractivity contribution is 5.85. The number of carbonyl (C=O) groups excluding carboxylic acids is 1. The molecule has 0 spiro atoms. The summed E-state index contributed by atoms with van der Waals surface area (Å²) < 4.78 is 5.28. The second kappa shape index (κ2) is 7.09. The van der Waals surface area contributed by atoms with Crippen LogP contribution in [0.1, 0.15) is 19.3 Å². The highest BCUT2D eigenvalue weighted by atomic mass is 35.5. The molecule has 0 aromatic carbocycles. The van der Waals surface area contributed by atoms with E-state index in [1.807, 2.05) is 0 Å². The minimum absolute atomic E-state index is 0. The van der Waals surface area contributed by atoms with Gasteiger partial charge in [0.15, 0.2) is 0 Å². The molecule has 2 N–H and O–H groups in total. The van der Waals surface area contributed by atoms with E-state index in [1.54, 1.807) is 0 Å². The highest BCUT2D eigenvalue weighted by Crippen LogP contribution is 2.14. The van der Waals surface area contributed by atoms with Gasteiger partial charge in [-0.1, -0.05) is 0 Å². The van der Waals surface area contributed by atoms with E-state index in [1.165, 1.54) is 0 Å². The Labute approximate surface area is 103 Å². The second-order valence-electron chi connectivity index (χ2n) is 4.49. The van der Waals surface area contributed by atoms with Crippen molar-refractivity contribution in [3.8, 4) is 0 Å². The molecule has 0 aliphatic carbocycles. The molecule has 0 saturated carbocycles. The van der Waals surface area contributed by atoms with Crippen LogP contribution in [0.4, 0.5) is 0 Å². The van der Waals surface area contributed by atoms with E-state index < -0.39 is 0 Å². The van der Waals surface area contributed by atoms with Gasteiger partial charge in [0, 0.05) is 26.3 Å². The van der Waals surface area contributed by atoms with Crippen LogP contribution in [0.25, 0.3) is 0 Å². The van der Waals surface area contributed by atoms with Crippen LogP contribution in [0.15, 0.2) is 0 Å². The molecule has 1 atom stereocenters. The predicted octanol–water partition coefficient (Wildman–Crippen LogP) is 0.560. The number of rotatable bonds is 3.